The summed E-state index contributed by atoms with van der Waals surface area (Å²) >= 11 is 0. The molecule has 0 spiro atoms. The number of aromatic nitrogens is 3. The van der Waals surface area contributed by atoms with E-state index in [0.717, 1.165) is 17.5 Å². The number of rotatable bonds is 9. The van der Waals surface area contributed by atoms with E-state index in [4.69, 9.17) is 4.74 Å². The van der Waals surface area contributed by atoms with Gasteiger partial charge in [-0.25, -0.2) is 12.8 Å². The van der Waals surface area contributed by atoms with Crippen molar-refractivity contribution in [3.05, 3.63) is 71.1 Å². The molecule has 0 radical (unpaired) electrons. The molecule has 11 heteroatoms. The van der Waals surface area contributed by atoms with Crippen LogP contribution in [0.1, 0.15) is 27.3 Å². The van der Waals surface area contributed by atoms with Crippen LogP contribution < -0.4 is 4.72 Å². The predicted octanol–water partition coefficient (Wildman–Crippen LogP) is 1.73. The minimum absolute atomic E-state index is 0.0857. The van der Waals surface area contributed by atoms with Crippen LogP contribution >= 0.6 is 0 Å². The maximum absolute atomic E-state index is 13.1. The van der Waals surface area contributed by atoms with Crippen LogP contribution in [0.4, 0.5) is 4.39 Å². The van der Waals surface area contributed by atoms with Gasteiger partial charge in [0.25, 0.3) is 0 Å². The molecule has 0 fully saturated rings. The van der Waals surface area contributed by atoms with Gasteiger partial charge in [-0.3, -0.25) is 14.3 Å². The molecule has 0 bridgehead atoms. The first-order valence-corrected chi connectivity index (χ1v) is 11.1. The lowest BCUT2D eigenvalue weighted by Crippen LogP contribution is -2.31. The van der Waals surface area contributed by atoms with Crippen molar-refractivity contribution < 1.29 is 27.1 Å². The highest BCUT2D eigenvalue weighted by molar-refractivity contribution is 7.89. The highest BCUT2D eigenvalue weighted by Gasteiger charge is 2.20. The van der Waals surface area contributed by atoms with E-state index in [0.29, 0.717) is 17.8 Å². The van der Waals surface area contributed by atoms with E-state index >= 15 is 0 Å². The summed E-state index contributed by atoms with van der Waals surface area (Å²) in [5, 5.41) is 3.77. The number of nitrogens with one attached hydrogen (secondary N) is 1. The van der Waals surface area contributed by atoms with E-state index < -0.39 is 34.9 Å². The lowest BCUT2D eigenvalue weighted by Gasteiger charge is -2.10. The number of sulfonamides is 1. The lowest BCUT2D eigenvalue weighted by molar-refractivity contribution is -0.141. The number of Topliss-reactive ketones (excluding diaryl/α,β-unsaturated/α-hetero) is 1. The Labute approximate surface area is 184 Å². The number of aryl methyl sites for hydroxylation is 2. The average Bonchev–Trinajstić information content (AvgIpc) is 3.31. The van der Waals surface area contributed by atoms with Crippen LogP contribution in [0.15, 0.2) is 47.6 Å². The minimum atomic E-state index is -3.91. The van der Waals surface area contributed by atoms with Gasteiger partial charge in [0.1, 0.15) is 17.3 Å². The molecule has 170 valence electrons. The second kappa shape index (κ2) is 9.45. The first kappa shape index (κ1) is 23.4. The third-order valence-electron chi connectivity index (χ3n) is 4.89. The van der Waals surface area contributed by atoms with Gasteiger partial charge < -0.3 is 9.30 Å². The number of hydrogen-bond acceptors (Lipinski definition) is 6. The Morgan fingerprint density at radius 2 is 1.88 bits per heavy atom. The van der Waals surface area contributed by atoms with Gasteiger partial charge in [-0.2, -0.15) is 9.82 Å². The van der Waals surface area contributed by atoms with Gasteiger partial charge in [0, 0.05) is 36.7 Å². The molecule has 0 aliphatic rings. The number of carbonyl (C=O) groups excluding carboxylic acids is 2. The van der Waals surface area contributed by atoms with Crippen molar-refractivity contribution in [3.63, 3.8) is 0 Å². The SMILES string of the molecule is Cc1cc(C(=O)COC(=O)CNS(=O)(=O)c2cnn(C)c2)c(C)n1Cc1ccc(F)cc1. The van der Waals surface area contributed by atoms with Crippen molar-refractivity contribution in [2.45, 2.75) is 25.3 Å². The minimum Gasteiger partial charge on any atom is -0.456 e. The number of esters is 1. The Balaban J connectivity index is 1.57. The van der Waals surface area contributed by atoms with Crippen LogP contribution in [-0.2, 0) is 33.1 Å². The molecule has 1 aromatic carbocycles. The number of hydrogen-bond donors (Lipinski definition) is 1. The third-order valence-corrected chi connectivity index (χ3v) is 6.25. The fourth-order valence-electron chi connectivity index (χ4n) is 3.15. The Morgan fingerprint density at radius 1 is 1.19 bits per heavy atom. The maximum atomic E-state index is 13.1. The molecule has 3 aromatic rings. The van der Waals surface area contributed by atoms with Crippen LogP contribution in [0.25, 0.3) is 0 Å². The first-order valence-electron chi connectivity index (χ1n) is 9.65. The zero-order valence-electron chi connectivity index (χ0n) is 17.8. The lowest BCUT2D eigenvalue weighted by atomic mass is 10.1. The van der Waals surface area contributed by atoms with Crippen molar-refractivity contribution >= 4 is 21.8 Å². The van der Waals surface area contributed by atoms with Crippen LogP contribution in [0.2, 0.25) is 0 Å². The van der Waals surface area contributed by atoms with Crippen LogP contribution in [0.3, 0.4) is 0 Å². The average molecular weight is 463 g/mol. The number of ether oxygens (including phenoxy) is 1. The maximum Gasteiger partial charge on any atom is 0.321 e. The summed E-state index contributed by atoms with van der Waals surface area (Å²) in [6, 6.07) is 7.78. The summed E-state index contributed by atoms with van der Waals surface area (Å²) in [6.07, 6.45) is 2.44. The summed E-state index contributed by atoms with van der Waals surface area (Å²) in [4.78, 5) is 24.4. The molecule has 0 saturated carbocycles. The van der Waals surface area contributed by atoms with Crippen molar-refractivity contribution in [1.82, 2.24) is 19.1 Å². The fourth-order valence-corrected chi connectivity index (χ4v) is 4.10. The summed E-state index contributed by atoms with van der Waals surface area (Å²) in [6.45, 7) is 2.93. The fraction of sp³-hybridized carbons (Fsp3) is 0.286. The Kier molecular flexibility index (Phi) is 6.90. The molecular weight excluding hydrogens is 439 g/mol. The van der Waals surface area contributed by atoms with Gasteiger partial charge in [0.2, 0.25) is 15.8 Å². The Bertz CT molecular complexity index is 1250. The van der Waals surface area contributed by atoms with E-state index in [9.17, 15) is 22.4 Å². The number of halogens is 1. The monoisotopic (exact) mass is 462 g/mol. The largest absolute Gasteiger partial charge is 0.456 e. The molecule has 32 heavy (non-hydrogen) atoms. The van der Waals surface area contributed by atoms with E-state index in [-0.39, 0.29) is 10.7 Å². The molecule has 0 aliphatic carbocycles. The highest BCUT2D eigenvalue weighted by atomic mass is 32.2. The molecule has 2 heterocycles. The van der Waals surface area contributed by atoms with Gasteiger partial charge in [0.05, 0.1) is 6.20 Å². The van der Waals surface area contributed by atoms with Crippen molar-refractivity contribution in [3.8, 4) is 0 Å². The second-order valence-corrected chi connectivity index (χ2v) is 9.02. The smallest absolute Gasteiger partial charge is 0.321 e. The molecule has 0 aliphatic heterocycles. The molecule has 0 atom stereocenters. The van der Waals surface area contributed by atoms with E-state index in [1.165, 1.54) is 23.0 Å². The van der Waals surface area contributed by atoms with Gasteiger partial charge >= 0.3 is 5.97 Å². The molecule has 2 aromatic heterocycles. The summed E-state index contributed by atoms with van der Waals surface area (Å²) in [7, 11) is -2.35. The Hall–Kier alpha value is -3.31. The zero-order valence-corrected chi connectivity index (χ0v) is 18.6. The number of benzene rings is 1. The standard InChI is InChI=1S/C21H23FN4O5S/c1-14-8-19(15(2)26(14)11-16-4-6-17(22)7-5-16)20(27)13-31-21(28)10-24-32(29,30)18-9-23-25(3)12-18/h4-9,12,24H,10-11,13H2,1-3H3. The van der Waals surface area contributed by atoms with E-state index in [1.807, 2.05) is 11.5 Å². The first-order chi connectivity index (χ1) is 15.1. The van der Waals surface area contributed by atoms with Crippen LogP contribution in [0, 0.1) is 19.7 Å². The molecule has 1 N–H and O–H groups in total. The molecule has 0 saturated heterocycles. The summed E-state index contributed by atoms with van der Waals surface area (Å²) in [5.41, 5.74) is 2.78. The van der Waals surface area contributed by atoms with Gasteiger partial charge in [0.15, 0.2) is 6.61 Å². The van der Waals surface area contributed by atoms with Gasteiger partial charge in [-0.15, -0.1) is 0 Å². The molecule has 0 amide bonds. The summed E-state index contributed by atoms with van der Waals surface area (Å²) in [5.74, 6) is -1.62. The van der Waals surface area contributed by atoms with E-state index in [1.54, 1.807) is 32.2 Å². The predicted molar refractivity (Wildman–Crippen MR) is 113 cm³/mol. The molecule has 9 nitrogen and oxygen atoms in total. The van der Waals surface area contributed by atoms with Crippen molar-refractivity contribution in [1.29, 1.82) is 0 Å². The zero-order chi connectivity index (χ0) is 23.5. The third kappa shape index (κ3) is 5.48. The van der Waals surface area contributed by atoms with Crippen molar-refractivity contribution in [2.24, 2.45) is 7.05 Å². The second-order valence-electron chi connectivity index (χ2n) is 7.26. The van der Waals surface area contributed by atoms with Crippen LogP contribution in [0.5, 0.6) is 0 Å². The topological polar surface area (TPSA) is 112 Å². The van der Waals surface area contributed by atoms with Crippen molar-refractivity contribution in [2.75, 3.05) is 13.2 Å². The summed E-state index contributed by atoms with van der Waals surface area (Å²) < 4.78 is 47.6. The van der Waals surface area contributed by atoms with Crippen LogP contribution in [-0.4, -0.2) is 47.7 Å². The number of nitrogens with zero attached hydrogens (tertiary/aromatic N) is 3. The molecule has 3 rings (SSSR count). The molecular formula is C21H23FN4O5S. The molecule has 0 unspecified atom stereocenters. The van der Waals surface area contributed by atoms with E-state index in [2.05, 4.69) is 9.82 Å². The Morgan fingerprint density at radius 3 is 2.50 bits per heavy atom. The quantitative estimate of drug-likeness (QED) is 0.383. The van der Waals surface area contributed by atoms with Gasteiger partial charge in [-0.05, 0) is 37.6 Å². The number of carbonyl (C=O) groups is 2. The van der Waals surface area contributed by atoms with Gasteiger partial charge in [-0.1, -0.05) is 12.1 Å². The highest BCUT2D eigenvalue weighted by Crippen LogP contribution is 2.18. The normalized spacial score (nSPS) is 11.5. The number of ketones is 1.